The summed E-state index contributed by atoms with van der Waals surface area (Å²) >= 11 is 23.4. The van der Waals surface area contributed by atoms with Crippen molar-refractivity contribution in [2.24, 2.45) is 5.14 Å². The van der Waals surface area contributed by atoms with E-state index in [0.29, 0.717) is 16.6 Å². The number of nitrogens with two attached hydrogens (primary N) is 1. The van der Waals surface area contributed by atoms with Crippen LogP contribution in [0.1, 0.15) is 0 Å². The molecule has 15 heteroatoms. The van der Waals surface area contributed by atoms with E-state index in [9.17, 15) is 18.0 Å². The first-order valence-electron chi connectivity index (χ1n) is 9.97. The first-order valence-corrected chi connectivity index (χ1v) is 15.8. The minimum absolute atomic E-state index is 0.103. The predicted octanol–water partition coefficient (Wildman–Crippen LogP) is 5.93. The lowest BCUT2D eigenvalue weighted by Crippen LogP contribution is -2.23. The van der Waals surface area contributed by atoms with Gasteiger partial charge in [-0.1, -0.05) is 46.6 Å². The molecule has 0 fully saturated rings. The van der Waals surface area contributed by atoms with Gasteiger partial charge in [-0.25, -0.2) is 18.5 Å². The Labute approximate surface area is 257 Å². The molecule has 1 aromatic heterocycles. The largest absolute Gasteiger partial charge is 0.324 e. The zero-order chi connectivity index (χ0) is 27.1. The molecule has 1 heterocycles. The van der Waals surface area contributed by atoms with Gasteiger partial charge < -0.3 is 5.32 Å². The second-order valence-electron chi connectivity index (χ2n) is 7.44. The molecule has 4 rings (SSSR count). The normalized spacial score (nSPS) is 11.6. The third-order valence-corrected chi connectivity index (χ3v) is 9.25. The van der Waals surface area contributed by atoms with Gasteiger partial charge in [-0.05, 0) is 93.7 Å². The van der Waals surface area contributed by atoms with E-state index in [1.807, 2.05) is 6.07 Å². The number of anilines is 1. The number of hydrogen-bond acceptors (Lipinski definition) is 6. The lowest BCUT2D eigenvalue weighted by Gasteiger charge is -2.15. The third kappa shape index (κ3) is 6.54. The summed E-state index contributed by atoms with van der Waals surface area (Å²) in [6.45, 7) is 0. The van der Waals surface area contributed by atoms with Crippen molar-refractivity contribution in [3.05, 3.63) is 81.1 Å². The van der Waals surface area contributed by atoms with Gasteiger partial charge in [-0.2, -0.15) is 0 Å². The Hall–Kier alpha value is -1.14. The van der Waals surface area contributed by atoms with Gasteiger partial charge in [0.25, 0.3) is 5.56 Å². The highest BCUT2D eigenvalue weighted by atomic mass is 127. The summed E-state index contributed by atoms with van der Waals surface area (Å²) in [5.41, 5.74) is 0.753. The smallest absolute Gasteiger partial charge is 0.266 e. The number of nitrogens with one attached hydrogen (secondary N) is 1. The van der Waals surface area contributed by atoms with Crippen molar-refractivity contribution in [2.45, 2.75) is 10.1 Å². The molecule has 0 radical (unpaired) electrons. The summed E-state index contributed by atoms with van der Waals surface area (Å²) in [5, 5.41) is 9.18. The molecule has 37 heavy (non-hydrogen) atoms. The number of aromatic nitrogens is 2. The topological polar surface area (TPSA) is 124 Å². The molecule has 0 aliphatic rings. The number of fused-ring (bicyclic) bond motifs is 1. The molecular formula is C22H13Cl3I2N4O4S2. The minimum atomic E-state index is -3.92. The number of rotatable bonds is 6. The number of primary sulfonamides is 1. The van der Waals surface area contributed by atoms with Crippen molar-refractivity contribution in [1.82, 2.24) is 9.55 Å². The molecule has 0 saturated carbocycles. The van der Waals surface area contributed by atoms with E-state index in [4.69, 9.17) is 39.9 Å². The standard InChI is InChI=1S/C22H13Cl3I2N4O4S2/c23-14-7-16(25)18(8-15(14)24)29-19(32)9-36-22-30-20-13(5-10(26)6-17(20)27)21(33)31(22)11-1-3-12(4-2-11)37(28,34)35/h1-8H,9H2,(H,29,32)(H2,28,34,35). The summed E-state index contributed by atoms with van der Waals surface area (Å²) in [6, 6.07) is 12.0. The van der Waals surface area contributed by atoms with Gasteiger partial charge in [0.2, 0.25) is 15.9 Å². The maximum Gasteiger partial charge on any atom is 0.266 e. The van der Waals surface area contributed by atoms with E-state index in [2.05, 4.69) is 55.5 Å². The van der Waals surface area contributed by atoms with Crippen LogP contribution in [-0.2, 0) is 14.8 Å². The van der Waals surface area contributed by atoms with Crippen LogP contribution in [0.3, 0.4) is 0 Å². The molecule has 3 aromatic carbocycles. The van der Waals surface area contributed by atoms with E-state index in [0.717, 1.165) is 18.9 Å². The van der Waals surface area contributed by atoms with Gasteiger partial charge >= 0.3 is 0 Å². The molecule has 0 spiro atoms. The maximum absolute atomic E-state index is 13.6. The molecule has 0 saturated heterocycles. The zero-order valence-electron chi connectivity index (χ0n) is 18.1. The second kappa shape index (κ2) is 11.5. The second-order valence-corrected chi connectivity index (χ2v) is 13.6. The SMILES string of the molecule is NS(=O)(=O)c1ccc(-n2c(SCC(=O)Nc3cc(Cl)c(Cl)cc3Cl)nc3c(I)cc(I)cc3c2=O)cc1. The number of carbonyl (C=O) groups is 1. The van der Waals surface area contributed by atoms with Crippen molar-refractivity contribution in [2.75, 3.05) is 11.1 Å². The fraction of sp³-hybridized carbons (Fsp3) is 0.0455. The molecule has 0 aliphatic carbocycles. The Morgan fingerprint density at radius 2 is 1.68 bits per heavy atom. The van der Waals surface area contributed by atoms with Crippen LogP contribution in [0.2, 0.25) is 15.1 Å². The van der Waals surface area contributed by atoms with E-state index in [-0.39, 0.29) is 42.1 Å². The number of hydrogen-bond donors (Lipinski definition) is 2. The Bertz CT molecular complexity index is 1730. The monoisotopic (exact) mass is 820 g/mol. The number of halogens is 5. The summed E-state index contributed by atoms with van der Waals surface area (Å²) in [4.78, 5) is 30.9. The quantitative estimate of drug-likeness (QED) is 0.108. The molecule has 1 amide bonds. The molecular weight excluding hydrogens is 809 g/mol. The highest BCUT2D eigenvalue weighted by Gasteiger charge is 2.18. The summed E-state index contributed by atoms with van der Waals surface area (Å²) in [6.07, 6.45) is 0. The third-order valence-electron chi connectivity index (χ3n) is 4.90. The first-order chi connectivity index (χ1) is 17.3. The number of benzene rings is 3. The van der Waals surface area contributed by atoms with Crippen molar-refractivity contribution in [1.29, 1.82) is 0 Å². The average molecular weight is 822 g/mol. The Morgan fingerprint density at radius 1 is 1.03 bits per heavy atom. The number of nitrogens with zero attached hydrogens (tertiary/aromatic N) is 2. The molecule has 192 valence electrons. The number of sulfonamides is 1. The summed E-state index contributed by atoms with van der Waals surface area (Å²) < 4.78 is 26.3. The predicted molar refractivity (Wildman–Crippen MR) is 165 cm³/mol. The lowest BCUT2D eigenvalue weighted by molar-refractivity contribution is -0.113. The first kappa shape index (κ1) is 28.9. The van der Waals surface area contributed by atoms with Crippen LogP contribution in [0.15, 0.2) is 63.4 Å². The molecule has 3 N–H and O–H groups in total. The highest BCUT2D eigenvalue weighted by Crippen LogP contribution is 2.32. The van der Waals surface area contributed by atoms with E-state index >= 15 is 0 Å². The van der Waals surface area contributed by atoms with Gasteiger partial charge in [0.15, 0.2) is 5.16 Å². The summed E-state index contributed by atoms with van der Waals surface area (Å²) in [7, 11) is -3.92. The van der Waals surface area contributed by atoms with Crippen LogP contribution in [0.5, 0.6) is 0 Å². The van der Waals surface area contributed by atoms with Crippen molar-refractivity contribution >= 4 is 124 Å². The van der Waals surface area contributed by atoms with Crippen molar-refractivity contribution in [3.8, 4) is 5.69 Å². The Morgan fingerprint density at radius 3 is 2.32 bits per heavy atom. The average Bonchev–Trinajstić information content (AvgIpc) is 2.81. The van der Waals surface area contributed by atoms with Gasteiger partial charge in [-0.3, -0.25) is 14.2 Å². The van der Waals surface area contributed by atoms with Crippen LogP contribution >= 0.6 is 91.7 Å². The molecule has 0 aliphatic heterocycles. The summed E-state index contributed by atoms with van der Waals surface area (Å²) in [5.74, 6) is -0.543. The number of carbonyl (C=O) groups excluding carboxylic acids is 1. The molecule has 0 unspecified atom stereocenters. The fourth-order valence-corrected chi connectivity index (χ4v) is 7.12. The Kier molecular flexibility index (Phi) is 9.00. The minimum Gasteiger partial charge on any atom is -0.324 e. The highest BCUT2D eigenvalue weighted by molar-refractivity contribution is 14.1. The fourth-order valence-electron chi connectivity index (χ4n) is 3.24. The van der Waals surface area contributed by atoms with Crippen LogP contribution in [0, 0.1) is 7.14 Å². The van der Waals surface area contributed by atoms with Crippen LogP contribution in [0.4, 0.5) is 5.69 Å². The molecule has 4 aromatic rings. The van der Waals surface area contributed by atoms with Gasteiger partial charge in [-0.15, -0.1) is 0 Å². The molecule has 0 atom stereocenters. The van der Waals surface area contributed by atoms with Crippen molar-refractivity contribution < 1.29 is 13.2 Å². The van der Waals surface area contributed by atoms with Gasteiger partial charge in [0, 0.05) is 7.14 Å². The van der Waals surface area contributed by atoms with E-state index < -0.39 is 15.9 Å². The lowest BCUT2D eigenvalue weighted by atomic mass is 10.2. The van der Waals surface area contributed by atoms with E-state index in [1.165, 1.54) is 41.0 Å². The van der Waals surface area contributed by atoms with Crippen LogP contribution in [-0.4, -0.2) is 29.6 Å². The number of amides is 1. The number of thioether (sulfide) groups is 1. The van der Waals surface area contributed by atoms with Crippen molar-refractivity contribution in [3.63, 3.8) is 0 Å². The maximum atomic E-state index is 13.6. The van der Waals surface area contributed by atoms with Crippen LogP contribution in [0.25, 0.3) is 16.6 Å². The van der Waals surface area contributed by atoms with Gasteiger partial charge in [0.1, 0.15) is 0 Å². The van der Waals surface area contributed by atoms with Crippen LogP contribution < -0.4 is 16.0 Å². The van der Waals surface area contributed by atoms with E-state index in [1.54, 1.807) is 6.07 Å². The molecule has 0 bridgehead atoms. The molecule has 8 nitrogen and oxygen atoms in total. The van der Waals surface area contributed by atoms with Gasteiger partial charge in [0.05, 0.1) is 48.0 Å². The zero-order valence-corrected chi connectivity index (χ0v) is 26.4. The Balaban J connectivity index is 1.75.